The Hall–Kier alpha value is -4.11. The van der Waals surface area contributed by atoms with Gasteiger partial charge in [-0.15, -0.1) is 0 Å². The summed E-state index contributed by atoms with van der Waals surface area (Å²) in [7, 11) is 0. The van der Waals surface area contributed by atoms with Crippen LogP contribution in [-0.4, -0.2) is 19.6 Å². The van der Waals surface area contributed by atoms with Gasteiger partial charge in [-0.25, -0.2) is 4.98 Å². The lowest BCUT2D eigenvalue weighted by molar-refractivity contribution is 1.07. The number of pyridine rings is 1. The number of nitriles is 1. The molecule has 0 aliphatic carbocycles. The van der Waals surface area contributed by atoms with Crippen LogP contribution in [0.15, 0.2) is 66.9 Å². The molecule has 0 saturated carbocycles. The highest BCUT2D eigenvalue weighted by Gasteiger charge is 2.15. The first kappa shape index (κ1) is 16.1. The zero-order valence-electron chi connectivity index (χ0n) is 15.1. The first-order valence-corrected chi connectivity index (χ1v) is 8.92. The molecule has 0 saturated heterocycles. The van der Waals surface area contributed by atoms with Crippen LogP contribution in [0.3, 0.4) is 0 Å². The summed E-state index contributed by atoms with van der Waals surface area (Å²) in [6.07, 6.45) is 1.99. The van der Waals surface area contributed by atoms with Gasteiger partial charge < -0.3 is 5.32 Å². The van der Waals surface area contributed by atoms with Gasteiger partial charge in [0.15, 0.2) is 0 Å². The number of hydrogen-bond acceptors (Lipinski definition) is 4. The smallest absolute Gasteiger partial charge is 0.143 e. The molecule has 0 fully saturated rings. The van der Waals surface area contributed by atoms with Crippen molar-refractivity contribution in [1.82, 2.24) is 19.6 Å². The molecule has 0 bridgehead atoms. The summed E-state index contributed by atoms with van der Waals surface area (Å²) in [5, 5.41) is 20.9. The van der Waals surface area contributed by atoms with Gasteiger partial charge in [0.25, 0.3) is 0 Å². The van der Waals surface area contributed by atoms with Crippen LogP contribution in [0.5, 0.6) is 0 Å². The lowest BCUT2D eigenvalue weighted by Crippen LogP contribution is -1.97. The van der Waals surface area contributed by atoms with Crippen LogP contribution in [0.4, 0.5) is 11.5 Å². The fourth-order valence-electron chi connectivity index (χ4n) is 3.37. The molecule has 0 unspecified atom stereocenters. The zero-order chi connectivity index (χ0) is 19.1. The van der Waals surface area contributed by atoms with Crippen LogP contribution in [0.25, 0.3) is 27.8 Å². The van der Waals surface area contributed by atoms with Gasteiger partial charge in [0.1, 0.15) is 17.2 Å². The van der Waals surface area contributed by atoms with Crippen molar-refractivity contribution in [3.63, 3.8) is 0 Å². The van der Waals surface area contributed by atoms with E-state index >= 15 is 0 Å². The van der Waals surface area contributed by atoms with Crippen LogP contribution in [0.1, 0.15) is 11.3 Å². The molecular weight excluding hydrogens is 348 g/mol. The summed E-state index contributed by atoms with van der Waals surface area (Å²) in [6.45, 7) is 2.01. The summed E-state index contributed by atoms with van der Waals surface area (Å²) in [5.41, 5.74) is 6.22. The Balaban J connectivity index is 1.68. The van der Waals surface area contributed by atoms with Crippen molar-refractivity contribution in [1.29, 1.82) is 5.26 Å². The Labute approximate surface area is 161 Å². The largest absolute Gasteiger partial charge is 0.339 e. The van der Waals surface area contributed by atoms with Crippen molar-refractivity contribution in [2.75, 3.05) is 5.32 Å². The third-order valence-corrected chi connectivity index (χ3v) is 4.82. The molecule has 5 aromatic rings. The zero-order valence-corrected chi connectivity index (χ0v) is 15.1. The van der Waals surface area contributed by atoms with Gasteiger partial charge in [0, 0.05) is 28.5 Å². The Morgan fingerprint density at radius 3 is 2.75 bits per heavy atom. The number of benzene rings is 2. The molecule has 5 rings (SSSR count). The summed E-state index contributed by atoms with van der Waals surface area (Å²) >= 11 is 0. The summed E-state index contributed by atoms with van der Waals surface area (Å²) in [5.74, 6) is 0.876. The summed E-state index contributed by atoms with van der Waals surface area (Å²) in [4.78, 5) is 4.85. The highest BCUT2D eigenvalue weighted by molar-refractivity contribution is 5.89. The van der Waals surface area contributed by atoms with E-state index in [0.29, 0.717) is 5.56 Å². The van der Waals surface area contributed by atoms with Gasteiger partial charge in [0.2, 0.25) is 0 Å². The topological polar surface area (TPSA) is 81.8 Å². The molecule has 2 aromatic carbocycles. The van der Waals surface area contributed by atoms with E-state index in [9.17, 15) is 0 Å². The number of aromatic amines is 1. The van der Waals surface area contributed by atoms with Crippen molar-refractivity contribution >= 4 is 28.1 Å². The van der Waals surface area contributed by atoms with Gasteiger partial charge in [-0.3, -0.25) is 9.50 Å². The van der Waals surface area contributed by atoms with Gasteiger partial charge in [-0.1, -0.05) is 12.1 Å². The Morgan fingerprint density at radius 2 is 1.93 bits per heavy atom. The van der Waals surface area contributed by atoms with Gasteiger partial charge in [0.05, 0.1) is 17.1 Å². The van der Waals surface area contributed by atoms with E-state index in [4.69, 9.17) is 10.2 Å². The first-order chi connectivity index (χ1) is 13.7. The van der Waals surface area contributed by atoms with Crippen LogP contribution in [0.2, 0.25) is 0 Å². The third-order valence-electron chi connectivity index (χ3n) is 4.82. The number of nitrogens with one attached hydrogen (secondary N) is 2. The molecule has 0 spiro atoms. The SMILES string of the molecule is Cc1[nH]nc2ccc(-c3nc4ccccn4c3Nc3ccc(C#N)cc3)cc12. The lowest BCUT2D eigenvalue weighted by atomic mass is 10.1. The fourth-order valence-corrected chi connectivity index (χ4v) is 3.37. The molecule has 0 radical (unpaired) electrons. The minimum Gasteiger partial charge on any atom is -0.339 e. The van der Waals surface area contributed by atoms with Crippen LogP contribution >= 0.6 is 0 Å². The van der Waals surface area contributed by atoms with Crippen LogP contribution in [0, 0.1) is 18.3 Å². The van der Waals surface area contributed by atoms with E-state index in [0.717, 1.165) is 45.0 Å². The van der Waals surface area contributed by atoms with Crippen molar-refractivity contribution in [2.45, 2.75) is 6.92 Å². The van der Waals surface area contributed by atoms with E-state index in [1.807, 2.05) is 60.0 Å². The van der Waals surface area contributed by atoms with Crippen LogP contribution in [-0.2, 0) is 0 Å². The van der Waals surface area contributed by atoms with E-state index in [1.54, 1.807) is 12.1 Å². The van der Waals surface area contributed by atoms with E-state index in [-0.39, 0.29) is 0 Å². The van der Waals surface area contributed by atoms with Gasteiger partial charge >= 0.3 is 0 Å². The number of aromatic nitrogens is 4. The molecule has 0 aliphatic heterocycles. The Kier molecular flexibility index (Phi) is 3.59. The van der Waals surface area contributed by atoms with Crippen molar-refractivity contribution in [2.24, 2.45) is 0 Å². The number of hydrogen-bond donors (Lipinski definition) is 2. The minimum absolute atomic E-state index is 0.629. The number of aryl methyl sites for hydroxylation is 1. The molecule has 28 heavy (non-hydrogen) atoms. The summed E-state index contributed by atoms with van der Waals surface area (Å²) < 4.78 is 2.03. The maximum absolute atomic E-state index is 9.02. The number of nitrogens with zero attached hydrogens (tertiary/aromatic N) is 4. The molecule has 3 heterocycles. The second-order valence-electron chi connectivity index (χ2n) is 6.63. The standard InChI is InChI=1S/C22H16N6/c1-14-18-12-16(7-10-19(18)27-26-14)21-22(28-11-3-2-4-20(28)25-21)24-17-8-5-15(13-23)6-9-17/h2-12,24H,1H3,(H,26,27). The third kappa shape index (κ3) is 2.58. The van der Waals surface area contributed by atoms with Crippen molar-refractivity contribution in [3.05, 3.63) is 78.1 Å². The average molecular weight is 364 g/mol. The Bertz CT molecular complexity index is 1350. The average Bonchev–Trinajstić information content (AvgIpc) is 3.29. The molecule has 3 aromatic heterocycles. The fraction of sp³-hybridized carbons (Fsp3) is 0.0455. The van der Waals surface area contributed by atoms with Gasteiger partial charge in [-0.2, -0.15) is 10.4 Å². The lowest BCUT2D eigenvalue weighted by Gasteiger charge is -2.09. The first-order valence-electron chi connectivity index (χ1n) is 8.92. The molecule has 6 nitrogen and oxygen atoms in total. The van der Waals surface area contributed by atoms with E-state index in [2.05, 4.69) is 27.6 Å². The number of fused-ring (bicyclic) bond motifs is 2. The second kappa shape index (κ2) is 6.25. The minimum atomic E-state index is 0.629. The van der Waals surface area contributed by atoms with E-state index < -0.39 is 0 Å². The monoisotopic (exact) mass is 364 g/mol. The van der Waals surface area contributed by atoms with Crippen LogP contribution < -0.4 is 5.32 Å². The van der Waals surface area contributed by atoms with Crippen molar-refractivity contribution < 1.29 is 0 Å². The summed E-state index contributed by atoms with van der Waals surface area (Å²) in [6, 6.07) is 21.6. The van der Waals surface area contributed by atoms with Crippen molar-refractivity contribution in [3.8, 4) is 17.3 Å². The highest BCUT2D eigenvalue weighted by Crippen LogP contribution is 2.33. The number of rotatable bonds is 3. The molecule has 2 N–H and O–H groups in total. The molecular formula is C22H16N6. The predicted octanol–water partition coefficient (Wildman–Crippen LogP) is 4.80. The van der Waals surface area contributed by atoms with E-state index in [1.165, 1.54) is 0 Å². The number of imidazole rings is 1. The maximum Gasteiger partial charge on any atom is 0.143 e. The quantitative estimate of drug-likeness (QED) is 0.482. The Morgan fingerprint density at radius 1 is 1.07 bits per heavy atom. The second-order valence-corrected chi connectivity index (χ2v) is 6.63. The molecule has 6 heteroatoms. The predicted molar refractivity (Wildman–Crippen MR) is 109 cm³/mol. The maximum atomic E-state index is 9.02. The number of H-pyrrole nitrogens is 1. The van der Waals surface area contributed by atoms with Gasteiger partial charge in [-0.05, 0) is 55.5 Å². The normalized spacial score (nSPS) is 11.0. The molecule has 0 aliphatic rings. The molecule has 0 amide bonds. The highest BCUT2D eigenvalue weighted by atomic mass is 15.1. The molecule has 134 valence electrons. The number of anilines is 2. The molecule has 0 atom stereocenters.